The molecule has 0 aromatic carbocycles. The number of nitrogens with zero attached hydrogens (tertiary/aromatic N) is 9. The third-order valence-electron chi connectivity index (χ3n) is 23.8. The van der Waals surface area contributed by atoms with E-state index < -0.39 is 76.6 Å². The van der Waals surface area contributed by atoms with Crippen LogP contribution in [0.4, 0.5) is 0 Å². The quantitative estimate of drug-likeness (QED) is 0.0306. The number of hydrogen-bond donors (Lipinski definition) is 4. The first-order chi connectivity index (χ1) is 51.3. The minimum absolute atomic E-state index is 0. The Morgan fingerprint density at radius 1 is 0.522 bits per heavy atom. The minimum Gasteiger partial charge on any atom is -0.870 e. The van der Waals surface area contributed by atoms with Crippen molar-refractivity contribution in [3.05, 3.63) is 48.2 Å². The van der Waals surface area contributed by atoms with Gasteiger partial charge in [-0.1, -0.05) is 131 Å². The number of ether oxygens (including phenoxy) is 2. The first-order valence-electron chi connectivity index (χ1n) is 39.9. The Kier molecular flexibility index (Phi) is 47.9. The smallest absolute Gasteiger partial charge is 0.870 e. The Balaban J connectivity index is 0. The molecule has 6 rings (SSSR count). The van der Waals surface area contributed by atoms with Crippen LogP contribution in [0.5, 0.6) is 0 Å². The molecule has 0 saturated carbocycles. The number of Topliss-reactive ketones (excluding diaryl/α,β-unsaturated/α-hetero) is 3. The summed E-state index contributed by atoms with van der Waals surface area (Å²) in [5.41, 5.74) is -1.60. The van der Waals surface area contributed by atoms with Crippen molar-refractivity contribution in [3.63, 3.8) is 0 Å². The van der Waals surface area contributed by atoms with Crippen molar-refractivity contribution in [2.75, 3.05) is 68.5 Å². The minimum atomic E-state index is -1.15. The summed E-state index contributed by atoms with van der Waals surface area (Å²) in [5, 5.41) is 45.6. The molecule has 113 heavy (non-hydrogen) atoms. The average molecular weight is 1640 g/mol. The molecule has 0 radical (unpaired) electrons. The van der Waals surface area contributed by atoms with Gasteiger partial charge in [-0.2, -0.15) is 0 Å². The monoisotopic (exact) mass is 1640 g/mol. The van der Waals surface area contributed by atoms with Gasteiger partial charge < -0.3 is 50.1 Å². The Labute approximate surface area is 702 Å². The molecule has 0 bridgehead atoms. The van der Waals surface area contributed by atoms with Gasteiger partial charge in [0.2, 0.25) is 17.7 Å². The van der Waals surface area contributed by atoms with Gasteiger partial charge in [-0.25, -0.2) is 29.3 Å². The molecular formula is C83H144LiN9O17S3. The first-order valence-corrected chi connectivity index (χ1v) is 41.8. The molecule has 0 unspecified atom stereocenters. The molecule has 0 spiro atoms. The first kappa shape index (κ1) is 108. The van der Waals surface area contributed by atoms with E-state index in [1.165, 1.54) is 29.0 Å². The maximum atomic E-state index is 13.9. The number of aromatic nitrogens is 3. The van der Waals surface area contributed by atoms with Gasteiger partial charge in [0.15, 0.2) is 40.5 Å². The van der Waals surface area contributed by atoms with Gasteiger partial charge >= 0.3 is 42.7 Å². The van der Waals surface area contributed by atoms with E-state index in [2.05, 4.69) is 29.7 Å². The largest absolute Gasteiger partial charge is 1.00 e. The van der Waals surface area contributed by atoms with E-state index in [4.69, 9.17) is 16.0 Å². The van der Waals surface area contributed by atoms with Gasteiger partial charge in [-0.15, -0.1) is 34.0 Å². The van der Waals surface area contributed by atoms with Crippen LogP contribution in [0.2, 0.25) is 0 Å². The molecule has 30 heteroatoms. The number of amides is 3. The summed E-state index contributed by atoms with van der Waals surface area (Å²) in [7, 11) is 11.2. The van der Waals surface area contributed by atoms with Crippen LogP contribution in [-0.4, -0.2) is 232 Å². The topological polar surface area (TPSA) is 358 Å². The van der Waals surface area contributed by atoms with Crippen LogP contribution in [0, 0.1) is 53.3 Å². The molecule has 0 aliphatic carbocycles. The van der Waals surface area contributed by atoms with E-state index in [-0.39, 0.29) is 190 Å². The molecule has 3 aromatic rings. The fourth-order valence-corrected chi connectivity index (χ4v) is 17.5. The number of carboxylic acid groups (broad SMARTS) is 2. The normalized spacial score (nSPS) is 20.8. The number of rotatable bonds is 38. The summed E-state index contributed by atoms with van der Waals surface area (Å²) in [4.78, 5) is 152. The van der Waals surface area contributed by atoms with E-state index in [1.54, 1.807) is 55.1 Å². The van der Waals surface area contributed by atoms with E-state index in [9.17, 15) is 63.3 Å². The summed E-state index contributed by atoms with van der Waals surface area (Å²) >= 11 is 3.43. The Hall–Kier alpha value is -5.45. The van der Waals surface area contributed by atoms with Crippen molar-refractivity contribution in [2.24, 2.45) is 53.3 Å². The van der Waals surface area contributed by atoms with Crippen molar-refractivity contribution in [1.82, 2.24) is 44.4 Å². The standard InChI is InChI=1S/C27H43N3O6S.C27H45N3O5S.C25H41N3O5S.C2H6.2CH4.Li.H2O/c1-9-17(4)19(13-23(32)27(6)11-10-12-29(27)7)25(33)30(8)21(16(2)3)14-22(36-18(5)31)24-28-20(15-37-24)26(34)35;1-9-18(5)19(14-23(32)27(6)12-11-13-29(27)7)25(33)30(8)21(17(3)4)15-22(31)24-28-20(16-36-24)26(34)35-10-2;1-8-16(4)17(12-21(30)25(5)10-9-11-27(25)6)23(31)28(7)19(15(2)3)13-20(29)22-26-18(14-34-22)24(32)33;1-2;;;;/h15-17,19,21-22H,9-14H2,1-8H3,(H,34,35);16-19,21-22,31H,9-15H2,1-8H3;14-17,19-20,29H,8-13H2,1-7H3,(H,32,33);1-2H3;2*1H4;;1H2/q;;;;;;+1;/p-1/t17-,19-,21+,22+,27+;18-,19-,21+,22+,27+;16-,17-,19+,20+,25+;;;;;/m000...../s1/i;;;1D;;;;. The van der Waals surface area contributed by atoms with Gasteiger partial charge in [0.25, 0.3) is 0 Å². The number of likely N-dealkylation sites (tertiary alicyclic amines) is 3. The van der Waals surface area contributed by atoms with Crippen molar-refractivity contribution >= 4 is 93.0 Å². The van der Waals surface area contributed by atoms with Gasteiger partial charge in [-0.05, 0) is 143 Å². The maximum absolute atomic E-state index is 13.9. The molecule has 3 saturated heterocycles. The van der Waals surface area contributed by atoms with Crippen molar-refractivity contribution in [2.45, 2.75) is 296 Å². The number of aliphatic hydroxyl groups is 2. The third-order valence-corrected chi connectivity index (χ3v) is 26.7. The maximum Gasteiger partial charge on any atom is 1.00 e. The Bertz CT molecular complexity index is 3490. The van der Waals surface area contributed by atoms with Crippen LogP contribution >= 0.6 is 34.0 Å². The molecule has 6 heterocycles. The fraction of sp³-hybridized carbons (Fsp3) is 0.771. The third kappa shape index (κ3) is 29.2. The molecule has 15 atom stereocenters. The number of likely N-dealkylation sites (N-methyl/N-ethyl adjacent to an activating group) is 3. The zero-order chi connectivity index (χ0) is 83.8. The molecule has 5 N–H and O–H groups in total. The number of ketones is 3. The number of hydrogen-bond acceptors (Lipinski definition) is 24. The summed E-state index contributed by atoms with van der Waals surface area (Å²) in [5.74, 6) is -4.24. The number of aliphatic hydroxyl groups excluding tert-OH is 2. The predicted octanol–water partition coefficient (Wildman–Crippen LogP) is 11.7. The Morgan fingerprint density at radius 2 is 0.796 bits per heavy atom. The van der Waals surface area contributed by atoms with Crippen LogP contribution in [-0.2, 0) is 43.0 Å². The van der Waals surface area contributed by atoms with Crippen molar-refractivity contribution < 1.29 is 104 Å². The van der Waals surface area contributed by atoms with E-state index in [1.807, 2.05) is 125 Å². The zero-order valence-corrected chi connectivity index (χ0v) is 73.9. The van der Waals surface area contributed by atoms with Gasteiger partial charge in [0.05, 0.1) is 23.2 Å². The van der Waals surface area contributed by atoms with E-state index in [0.717, 1.165) is 100 Å². The van der Waals surface area contributed by atoms with Crippen molar-refractivity contribution in [1.29, 1.82) is 0 Å². The number of esters is 2. The van der Waals surface area contributed by atoms with Crippen molar-refractivity contribution in [3.8, 4) is 0 Å². The molecule has 3 aliphatic rings. The number of carboxylic acids is 2. The SMILES string of the molecule is C.C.CCOC(=O)c1csc([C@H](O)C[C@H](C(C)C)N(C)C(=O)[C@@H](CC(=O)[C@@]2(C)CCCN2C)[C@@H](C)CC)n1.CC[C@H](C)[C@H](CC(=O)[C@@]1(C)CCCN1C)C(=O)N(C)[C@H](C[C@@H](O)c1nc(C(=O)O)cs1)C(C)C.CC[C@H](C)[C@H](CC(=O)[C@@]1(C)CCCN1C)C(=O)N(C)[C@H](C[C@@H](OC(C)=O)c1nc(C(=O)O)cs1)C(C)C.[2H]CC.[Li+].[OH-]. The number of aromatic carboxylic acids is 2. The summed E-state index contributed by atoms with van der Waals surface area (Å²) in [6.45, 7) is 38.4. The molecule has 26 nitrogen and oxygen atoms in total. The second kappa shape index (κ2) is 50.3. The van der Waals surface area contributed by atoms with E-state index in [0.29, 0.717) is 21.9 Å². The van der Waals surface area contributed by atoms with Crippen LogP contribution in [0.3, 0.4) is 0 Å². The van der Waals surface area contributed by atoms with Crippen LogP contribution < -0.4 is 18.9 Å². The van der Waals surface area contributed by atoms with Crippen LogP contribution in [0.25, 0.3) is 0 Å². The fourth-order valence-electron chi connectivity index (χ4n) is 15.1. The Morgan fingerprint density at radius 3 is 1.04 bits per heavy atom. The summed E-state index contributed by atoms with van der Waals surface area (Å²) < 4.78 is 16.7. The zero-order valence-electron chi connectivity index (χ0n) is 72.4. The van der Waals surface area contributed by atoms with E-state index >= 15 is 0 Å². The molecular weight excluding hydrogens is 1500 g/mol. The molecule has 3 amide bonds. The molecule has 3 fully saturated rings. The van der Waals surface area contributed by atoms with Crippen LogP contribution in [0.15, 0.2) is 16.1 Å². The number of carbonyl (C=O) groups is 10. The van der Waals surface area contributed by atoms with Crippen LogP contribution in [0.1, 0.15) is 309 Å². The van der Waals surface area contributed by atoms with Gasteiger partial charge in [0, 0.05) is 120 Å². The second-order valence-corrected chi connectivity index (χ2v) is 34.6. The molecule has 642 valence electrons. The summed E-state index contributed by atoms with van der Waals surface area (Å²) in [6.07, 6.45) is 6.46. The summed E-state index contributed by atoms with van der Waals surface area (Å²) in [6, 6.07) is -0.861. The number of thiazole rings is 3. The molecule has 3 aliphatic heterocycles. The second-order valence-electron chi connectivity index (χ2n) is 31.9. The van der Waals surface area contributed by atoms with Gasteiger partial charge in [0.1, 0.15) is 27.2 Å². The molecule has 3 aromatic heterocycles. The van der Waals surface area contributed by atoms with Gasteiger partial charge in [-0.3, -0.25) is 48.3 Å². The average Bonchev–Trinajstić information content (AvgIpc) is 1.50. The predicted molar refractivity (Wildman–Crippen MR) is 444 cm³/mol. The number of carbonyl (C=O) groups excluding carboxylic acids is 8.